The van der Waals surface area contributed by atoms with E-state index in [0.717, 1.165) is 10.4 Å². The molecule has 2 aromatic rings. The van der Waals surface area contributed by atoms with Crippen LogP contribution in [0.3, 0.4) is 0 Å². The lowest BCUT2D eigenvalue weighted by molar-refractivity contribution is -0.174. The molecule has 0 radical (unpaired) electrons. The van der Waals surface area contributed by atoms with Crippen LogP contribution in [0.2, 0.25) is 5.04 Å². The molecule has 1 aliphatic rings. The molecule has 4 atom stereocenters. The van der Waals surface area contributed by atoms with Gasteiger partial charge in [0, 0.05) is 13.8 Å². The van der Waals surface area contributed by atoms with Gasteiger partial charge >= 0.3 is 11.9 Å². The molecule has 33 heavy (non-hydrogen) atoms. The molecule has 8 heteroatoms. The minimum atomic E-state index is -2.87. The van der Waals surface area contributed by atoms with Gasteiger partial charge in [-0.2, -0.15) is 0 Å². The number of ether oxygens (including phenoxy) is 3. The van der Waals surface area contributed by atoms with E-state index in [0.29, 0.717) is 0 Å². The topological polar surface area (TPSA) is 91.3 Å². The van der Waals surface area contributed by atoms with E-state index in [2.05, 4.69) is 45.0 Å². The molecule has 1 aliphatic heterocycles. The Morgan fingerprint density at radius 3 is 1.76 bits per heavy atom. The Morgan fingerprint density at radius 2 is 1.33 bits per heavy atom. The van der Waals surface area contributed by atoms with Crippen molar-refractivity contribution in [1.29, 1.82) is 0 Å². The summed E-state index contributed by atoms with van der Waals surface area (Å²) in [5, 5.41) is 12.3. The Hall–Kier alpha value is -2.52. The lowest BCUT2D eigenvalue weighted by Crippen LogP contribution is -2.67. The summed E-state index contributed by atoms with van der Waals surface area (Å²) in [5.41, 5.74) is 0. The van der Waals surface area contributed by atoms with Crippen molar-refractivity contribution < 1.29 is 33.3 Å². The van der Waals surface area contributed by atoms with Crippen molar-refractivity contribution in [2.45, 2.75) is 64.3 Å². The van der Waals surface area contributed by atoms with Crippen LogP contribution in [0.15, 0.2) is 60.7 Å². The first-order chi connectivity index (χ1) is 15.6. The van der Waals surface area contributed by atoms with Crippen molar-refractivity contribution in [3.05, 3.63) is 60.7 Å². The summed E-state index contributed by atoms with van der Waals surface area (Å²) in [7, 11) is -2.87. The first-order valence-electron chi connectivity index (χ1n) is 11.0. The number of hydrogen-bond acceptors (Lipinski definition) is 7. The first kappa shape index (κ1) is 25.1. The van der Waals surface area contributed by atoms with Gasteiger partial charge in [0.1, 0.15) is 6.10 Å². The van der Waals surface area contributed by atoms with Crippen molar-refractivity contribution in [3.63, 3.8) is 0 Å². The number of rotatable bonds is 7. The SMILES string of the molecule is CC(=O)OC1[C@@H](CO[Si](c2ccccc2)(c2ccccc2)C(C)(C)C)O[C@H](O)[C@H]1OC(C)=O. The third kappa shape index (κ3) is 5.35. The summed E-state index contributed by atoms with van der Waals surface area (Å²) in [6.45, 7) is 8.97. The predicted molar refractivity (Wildman–Crippen MR) is 126 cm³/mol. The van der Waals surface area contributed by atoms with Gasteiger partial charge in [-0.3, -0.25) is 9.59 Å². The maximum atomic E-state index is 11.8. The number of aliphatic hydroxyl groups excluding tert-OH is 1. The molecule has 0 aromatic heterocycles. The quantitative estimate of drug-likeness (QED) is 0.488. The second kappa shape index (κ2) is 10.2. The molecule has 0 amide bonds. The molecule has 0 aliphatic carbocycles. The summed E-state index contributed by atoms with van der Waals surface area (Å²) in [4.78, 5) is 23.3. The predicted octanol–water partition coefficient (Wildman–Crippen LogP) is 2.14. The van der Waals surface area contributed by atoms with Crippen molar-refractivity contribution in [1.82, 2.24) is 0 Å². The van der Waals surface area contributed by atoms with Crippen LogP contribution in [-0.2, 0) is 28.2 Å². The van der Waals surface area contributed by atoms with E-state index < -0.39 is 44.9 Å². The van der Waals surface area contributed by atoms with Crippen LogP contribution in [0, 0.1) is 0 Å². The van der Waals surface area contributed by atoms with Crippen LogP contribution in [0.4, 0.5) is 0 Å². The van der Waals surface area contributed by atoms with E-state index in [9.17, 15) is 14.7 Å². The molecule has 178 valence electrons. The van der Waals surface area contributed by atoms with E-state index in [1.54, 1.807) is 0 Å². The molecule has 0 bridgehead atoms. The Labute approximate surface area is 195 Å². The molecular weight excluding hydrogens is 440 g/mol. The second-order valence-corrected chi connectivity index (χ2v) is 13.5. The highest BCUT2D eigenvalue weighted by molar-refractivity contribution is 6.99. The number of benzene rings is 2. The van der Waals surface area contributed by atoms with E-state index in [1.807, 2.05) is 36.4 Å². The first-order valence-corrected chi connectivity index (χ1v) is 12.9. The van der Waals surface area contributed by atoms with Crippen LogP contribution in [0.25, 0.3) is 0 Å². The summed E-state index contributed by atoms with van der Waals surface area (Å²) in [6.07, 6.45) is -4.35. The van der Waals surface area contributed by atoms with Crippen LogP contribution in [0.1, 0.15) is 34.6 Å². The zero-order valence-corrected chi connectivity index (χ0v) is 20.7. The van der Waals surface area contributed by atoms with Gasteiger partial charge in [0.15, 0.2) is 18.5 Å². The van der Waals surface area contributed by atoms with Gasteiger partial charge < -0.3 is 23.7 Å². The molecule has 0 spiro atoms. The molecule has 0 saturated carbocycles. The summed E-state index contributed by atoms with van der Waals surface area (Å²) in [5.74, 6) is -1.17. The van der Waals surface area contributed by atoms with Crippen LogP contribution >= 0.6 is 0 Å². The van der Waals surface area contributed by atoms with E-state index in [-0.39, 0.29) is 11.6 Å². The second-order valence-electron chi connectivity index (χ2n) is 9.19. The molecule has 1 saturated heterocycles. The van der Waals surface area contributed by atoms with Gasteiger partial charge in [-0.1, -0.05) is 81.4 Å². The van der Waals surface area contributed by atoms with Crippen LogP contribution < -0.4 is 10.4 Å². The molecule has 2 aromatic carbocycles. The minimum Gasteiger partial charge on any atom is -0.455 e. The largest absolute Gasteiger partial charge is 0.455 e. The molecule has 1 N–H and O–H groups in total. The summed E-state index contributed by atoms with van der Waals surface area (Å²) >= 11 is 0. The zero-order chi connectivity index (χ0) is 24.2. The van der Waals surface area contributed by atoms with E-state index in [1.165, 1.54) is 13.8 Å². The Balaban J connectivity index is 2.00. The smallest absolute Gasteiger partial charge is 0.303 e. The number of carbonyl (C=O) groups is 2. The number of esters is 2. The average molecular weight is 473 g/mol. The number of hydrogen-bond donors (Lipinski definition) is 1. The highest BCUT2D eigenvalue weighted by Crippen LogP contribution is 2.37. The number of aliphatic hydroxyl groups is 1. The van der Waals surface area contributed by atoms with Crippen molar-refractivity contribution in [3.8, 4) is 0 Å². The number of carbonyl (C=O) groups excluding carboxylic acids is 2. The Morgan fingerprint density at radius 1 is 0.879 bits per heavy atom. The standard InChI is InChI=1S/C25H32O7Si/c1-17(26)30-22-21(32-24(28)23(22)31-18(2)27)16-29-33(25(3,4)5,19-12-8-6-9-13-19)20-14-10-7-11-15-20/h6-15,21-24,28H,16H2,1-5H3/t21-,22?,23+,24+/m1/s1. The Kier molecular flexibility index (Phi) is 7.74. The molecule has 1 fully saturated rings. The minimum absolute atomic E-state index is 0.0417. The molecule has 7 nitrogen and oxygen atoms in total. The fourth-order valence-electron chi connectivity index (χ4n) is 4.46. The molecule has 1 unspecified atom stereocenters. The lowest BCUT2D eigenvalue weighted by Gasteiger charge is -2.43. The fourth-order valence-corrected chi connectivity index (χ4v) is 9.03. The molecule has 3 rings (SSSR count). The normalized spacial score (nSPS) is 23.2. The zero-order valence-electron chi connectivity index (χ0n) is 19.7. The van der Waals surface area contributed by atoms with Crippen molar-refractivity contribution >= 4 is 30.6 Å². The van der Waals surface area contributed by atoms with Crippen LogP contribution in [-0.4, -0.2) is 56.6 Å². The summed E-state index contributed by atoms with van der Waals surface area (Å²) in [6, 6.07) is 20.2. The average Bonchev–Trinajstić information content (AvgIpc) is 3.02. The third-order valence-electron chi connectivity index (χ3n) is 5.77. The Bertz CT molecular complexity index is 903. The monoisotopic (exact) mass is 472 g/mol. The highest BCUT2D eigenvalue weighted by atomic mass is 28.4. The van der Waals surface area contributed by atoms with Gasteiger partial charge in [-0.25, -0.2) is 0 Å². The van der Waals surface area contributed by atoms with Gasteiger partial charge in [0.2, 0.25) is 0 Å². The van der Waals surface area contributed by atoms with E-state index >= 15 is 0 Å². The van der Waals surface area contributed by atoms with E-state index in [4.69, 9.17) is 18.6 Å². The van der Waals surface area contributed by atoms with Crippen LogP contribution in [0.5, 0.6) is 0 Å². The molecular formula is C25H32O7Si. The summed E-state index contributed by atoms with van der Waals surface area (Å²) < 4.78 is 23.1. The maximum absolute atomic E-state index is 11.8. The van der Waals surface area contributed by atoms with Gasteiger partial charge in [0.05, 0.1) is 6.61 Å². The molecule has 1 heterocycles. The highest BCUT2D eigenvalue weighted by Gasteiger charge is 2.53. The van der Waals surface area contributed by atoms with Gasteiger partial charge in [0.25, 0.3) is 8.32 Å². The lowest BCUT2D eigenvalue weighted by atomic mass is 10.1. The van der Waals surface area contributed by atoms with Crippen molar-refractivity contribution in [2.75, 3.05) is 6.61 Å². The maximum Gasteiger partial charge on any atom is 0.303 e. The van der Waals surface area contributed by atoms with Gasteiger partial charge in [-0.05, 0) is 15.4 Å². The van der Waals surface area contributed by atoms with Gasteiger partial charge in [-0.15, -0.1) is 0 Å². The third-order valence-corrected chi connectivity index (χ3v) is 10.8. The fraction of sp³-hybridized carbons (Fsp3) is 0.440. The van der Waals surface area contributed by atoms with Crippen molar-refractivity contribution in [2.24, 2.45) is 0 Å².